The van der Waals surface area contributed by atoms with Crippen LogP contribution in [-0.4, -0.2) is 11.2 Å². The van der Waals surface area contributed by atoms with Crippen molar-refractivity contribution in [1.82, 2.24) is 5.32 Å². The van der Waals surface area contributed by atoms with Crippen molar-refractivity contribution in [2.75, 3.05) is 0 Å². The van der Waals surface area contributed by atoms with Crippen LogP contribution in [0.5, 0.6) is 0 Å². The van der Waals surface area contributed by atoms with Gasteiger partial charge < -0.3 is 10.4 Å². The summed E-state index contributed by atoms with van der Waals surface area (Å²) in [6.45, 7) is 6.44. The van der Waals surface area contributed by atoms with E-state index in [2.05, 4.69) is 56.4 Å². The third-order valence-electron chi connectivity index (χ3n) is 4.53. The molecule has 2 heteroatoms. The number of benzene rings is 2. The number of nitrogens with one attached hydrogen (secondary N) is 1. The van der Waals surface area contributed by atoms with Crippen LogP contribution in [0.3, 0.4) is 0 Å². The van der Waals surface area contributed by atoms with Crippen LogP contribution in [-0.2, 0) is 6.42 Å². The van der Waals surface area contributed by atoms with E-state index in [1.165, 1.54) is 27.8 Å². The summed E-state index contributed by atoms with van der Waals surface area (Å²) in [6, 6.07) is 15.1. The maximum Gasteiger partial charge on any atom is 0.0775 e. The number of aliphatic hydroxyl groups is 1. The largest absolute Gasteiger partial charge is 0.391 e. The van der Waals surface area contributed by atoms with E-state index in [1.807, 2.05) is 12.1 Å². The Morgan fingerprint density at radius 2 is 1.90 bits per heavy atom. The summed E-state index contributed by atoms with van der Waals surface area (Å²) in [4.78, 5) is 0. The minimum absolute atomic E-state index is 0.0242. The Morgan fingerprint density at radius 1 is 1.14 bits per heavy atom. The van der Waals surface area contributed by atoms with Gasteiger partial charge in [0.2, 0.25) is 0 Å². The molecule has 0 aromatic heterocycles. The fourth-order valence-corrected chi connectivity index (χ4v) is 3.36. The molecule has 110 valence electrons. The Labute approximate surface area is 126 Å². The Morgan fingerprint density at radius 3 is 2.71 bits per heavy atom. The minimum atomic E-state index is -0.338. The first-order valence-electron chi connectivity index (χ1n) is 7.65. The zero-order valence-corrected chi connectivity index (χ0v) is 12.9. The van der Waals surface area contributed by atoms with Gasteiger partial charge in [0.15, 0.2) is 0 Å². The summed E-state index contributed by atoms with van der Waals surface area (Å²) in [6.07, 6.45) is 0.405. The molecular weight excluding hydrogens is 258 g/mol. The smallest absolute Gasteiger partial charge is 0.0775 e. The van der Waals surface area contributed by atoms with Crippen LogP contribution >= 0.6 is 0 Å². The first-order valence-corrected chi connectivity index (χ1v) is 7.65. The van der Waals surface area contributed by atoms with Crippen molar-refractivity contribution in [1.29, 1.82) is 0 Å². The molecule has 0 spiro atoms. The quantitative estimate of drug-likeness (QED) is 0.900. The normalized spacial score (nSPS) is 22.1. The van der Waals surface area contributed by atoms with Gasteiger partial charge in [0, 0.05) is 12.5 Å². The fraction of sp³-hybridized carbons (Fsp3) is 0.368. The predicted octanol–water partition coefficient (Wildman–Crippen LogP) is 3.61. The molecule has 3 atom stereocenters. The van der Waals surface area contributed by atoms with Crippen molar-refractivity contribution in [3.63, 3.8) is 0 Å². The Hall–Kier alpha value is -1.64. The monoisotopic (exact) mass is 281 g/mol. The van der Waals surface area contributed by atoms with E-state index >= 15 is 0 Å². The van der Waals surface area contributed by atoms with E-state index in [0.29, 0.717) is 0 Å². The maximum absolute atomic E-state index is 10.4. The van der Waals surface area contributed by atoms with Gasteiger partial charge in [-0.1, -0.05) is 48.0 Å². The minimum Gasteiger partial charge on any atom is -0.391 e. The summed E-state index contributed by atoms with van der Waals surface area (Å²) < 4.78 is 0. The lowest BCUT2D eigenvalue weighted by molar-refractivity contribution is 0.136. The molecular formula is C19H23NO. The topological polar surface area (TPSA) is 32.3 Å². The average molecular weight is 281 g/mol. The first kappa shape index (κ1) is 14.3. The second-order valence-electron chi connectivity index (χ2n) is 6.20. The first-order chi connectivity index (χ1) is 10.1. The molecule has 0 aliphatic heterocycles. The number of hydrogen-bond donors (Lipinski definition) is 2. The molecule has 0 bridgehead atoms. The summed E-state index contributed by atoms with van der Waals surface area (Å²) >= 11 is 0. The Kier molecular flexibility index (Phi) is 3.83. The maximum atomic E-state index is 10.4. The lowest BCUT2D eigenvalue weighted by Crippen LogP contribution is -2.31. The van der Waals surface area contributed by atoms with Crippen LogP contribution in [0.2, 0.25) is 0 Å². The predicted molar refractivity (Wildman–Crippen MR) is 86.4 cm³/mol. The van der Waals surface area contributed by atoms with Gasteiger partial charge in [-0.15, -0.1) is 0 Å². The molecule has 1 aliphatic rings. The number of rotatable bonds is 3. The lowest BCUT2D eigenvalue weighted by atomic mass is 9.98. The van der Waals surface area contributed by atoms with Crippen LogP contribution in [0.15, 0.2) is 42.5 Å². The molecule has 0 saturated carbocycles. The average Bonchev–Trinajstić information content (AvgIpc) is 2.78. The standard InChI is InChI=1S/C19H23NO/c1-12-8-9-13(2)17(10-12)14(3)20-19-16-7-5-4-6-15(16)11-18(19)21/h4-10,14,18-21H,11H2,1-3H3. The highest BCUT2D eigenvalue weighted by Crippen LogP contribution is 2.33. The summed E-state index contributed by atoms with van der Waals surface area (Å²) in [5.41, 5.74) is 6.38. The molecule has 0 amide bonds. The van der Waals surface area contributed by atoms with Gasteiger partial charge in [-0.3, -0.25) is 0 Å². The van der Waals surface area contributed by atoms with Crippen molar-refractivity contribution >= 4 is 0 Å². The van der Waals surface area contributed by atoms with Crippen LogP contribution in [0, 0.1) is 13.8 Å². The summed E-state index contributed by atoms with van der Waals surface area (Å²) in [7, 11) is 0. The molecule has 2 aromatic carbocycles. The van der Waals surface area contributed by atoms with E-state index in [0.717, 1.165) is 6.42 Å². The van der Waals surface area contributed by atoms with E-state index in [1.54, 1.807) is 0 Å². The van der Waals surface area contributed by atoms with Crippen molar-refractivity contribution in [2.45, 2.75) is 45.4 Å². The molecule has 2 N–H and O–H groups in total. The van der Waals surface area contributed by atoms with Crippen molar-refractivity contribution < 1.29 is 5.11 Å². The number of aryl methyl sites for hydroxylation is 2. The highest BCUT2D eigenvalue weighted by molar-refractivity contribution is 5.38. The Bertz CT molecular complexity index is 650. The van der Waals surface area contributed by atoms with E-state index in [4.69, 9.17) is 0 Å². The zero-order valence-electron chi connectivity index (χ0n) is 12.9. The Balaban J connectivity index is 1.85. The van der Waals surface area contributed by atoms with Gasteiger partial charge in [0.25, 0.3) is 0 Å². The fourth-order valence-electron chi connectivity index (χ4n) is 3.36. The molecule has 2 aromatic rings. The molecule has 3 rings (SSSR count). The molecule has 3 unspecified atom stereocenters. The highest BCUT2D eigenvalue weighted by atomic mass is 16.3. The van der Waals surface area contributed by atoms with Crippen LogP contribution in [0.1, 0.15) is 46.8 Å². The van der Waals surface area contributed by atoms with Crippen LogP contribution < -0.4 is 5.32 Å². The second kappa shape index (κ2) is 5.63. The molecule has 1 aliphatic carbocycles. The van der Waals surface area contributed by atoms with Gasteiger partial charge in [0.1, 0.15) is 0 Å². The van der Waals surface area contributed by atoms with Gasteiger partial charge >= 0.3 is 0 Å². The van der Waals surface area contributed by atoms with Crippen molar-refractivity contribution in [3.05, 3.63) is 70.3 Å². The van der Waals surface area contributed by atoms with Crippen LogP contribution in [0.25, 0.3) is 0 Å². The molecule has 0 heterocycles. The van der Waals surface area contributed by atoms with Crippen molar-refractivity contribution in [3.8, 4) is 0 Å². The van der Waals surface area contributed by atoms with Gasteiger partial charge in [-0.25, -0.2) is 0 Å². The third-order valence-corrected chi connectivity index (χ3v) is 4.53. The molecule has 21 heavy (non-hydrogen) atoms. The van der Waals surface area contributed by atoms with Crippen molar-refractivity contribution in [2.24, 2.45) is 0 Å². The number of hydrogen-bond acceptors (Lipinski definition) is 2. The van der Waals surface area contributed by atoms with E-state index in [9.17, 15) is 5.11 Å². The second-order valence-corrected chi connectivity index (χ2v) is 6.20. The zero-order chi connectivity index (χ0) is 15.0. The number of fused-ring (bicyclic) bond motifs is 1. The lowest BCUT2D eigenvalue weighted by Gasteiger charge is -2.25. The summed E-state index contributed by atoms with van der Waals surface area (Å²) in [5.74, 6) is 0. The van der Waals surface area contributed by atoms with Gasteiger partial charge in [-0.05, 0) is 43.0 Å². The molecule has 2 nitrogen and oxygen atoms in total. The highest BCUT2D eigenvalue weighted by Gasteiger charge is 2.31. The summed E-state index contributed by atoms with van der Waals surface area (Å²) in [5, 5.41) is 14.0. The molecule has 0 saturated heterocycles. The SMILES string of the molecule is Cc1ccc(C)c(C(C)NC2c3ccccc3CC2O)c1. The van der Waals surface area contributed by atoms with Gasteiger partial charge in [-0.2, -0.15) is 0 Å². The van der Waals surface area contributed by atoms with E-state index in [-0.39, 0.29) is 18.2 Å². The third kappa shape index (κ3) is 2.74. The van der Waals surface area contributed by atoms with Crippen LogP contribution in [0.4, 0.5) is 0 Å². The molecule has 0 radical (unpaired) electrons. The van der Waals surface area contributed by atoms with E-state index < -0.39 is 0 Å². The molecule has 0 fully saturated rings. The van der Waals surface area contributed by atoms with Gasteiger partial charge in [0.05, 0.1) is 12.1 Å². The number of aliphatic hydroxyl groups excluding tert-OH is 1.